The van der Waals surface area contributed by atoms with Gasteiger partial charge in [0.25, 0.3) is 15.9 Å². The van der Waals surface area contributed by atoms with Crippen molar-refractivity contribution < 1.29 is 31.1 Å². The summed E-state index contributed by atoms with van der Waals surface area (Å²) in [6.07, 6.45) is -4.81. The fraction of sp³-hybridized carbons (Fsp3) is 0.200. The summed E-state index contributed by atoms with van der Waals surface area (Å²) in [4.78, 5) is 16.9. The van der Waals surface area contributed by atoms with Crippen molar-refractivity contribution in [2.45, 2.75) is 32.0 Å². The van der Waals surface area contributed by atoms with E-state index in [4.69, 9.17) is 0 Å². The van der Waals surface area contributed by atoms with Gasteiger partial charge < -0.3 is 10.1 Å². The molecule has 3 aromatic rings. The average molecular weight is 486 g/mol. The molecular formula is C20H18F3N3O4S2. The number of anilines is 2. The number of nitrogens with zero attached hydrogens (tertiary/aromatic N) is 1. The van der Waals surface area contributed by atoms with Crippen LogP contribution in [0.1, 0.15) is 26.5 Å². The largest absolute Gasteiger partial charge is 0.573 e. The minimum absolute atomic E-state index is 0.0153. The number of sulfonamides is 1. The van der Waals surface area contributed by atoms with Gasteiger partial charge in [-0.2, -0.15) is 0 Å². The number of nitrogens with one attached hydrogen (secondary N) is 2. The summed E-state index contributed by atoms with van der Waals surface area (Å²) in [5, 5.41) is 2.55. The normalized spacial score (nSPS) is 11.8. The highest BCUT2D eigenvalue weighted by Crippen LogP contribution is 2.28. The molecule has 0 aliphatic carbocycles. The Morgan fingerprint density at radius 1 is 1.06 bits per heavy atom. The molecule has 2 N–H and O–H groups in total. The van der Waals surface area contributed by atoms with Crippen molar-refractivity contribution in [1.82, 2.24) is 4.98 Å². The number of aryl methyl sites for hydroxylation is 3. The number of hydrogen-bond donors (Lipinski definition) is 2. The van der Waals surface area contributed by atoms with E-state index in [0.29, 0.717) is 11.3 Å². The van der Waals surface area contributed by atoms with Crippen molar-refractivity contribution in [2.75, 3.05) is 10.0 Å². The summed E-state index contributed by atoms with van der Waals surface area (Å²) in [5.74, 6) is -1.01. The molecule has 170 valence electrons. The van der Waals surface area contributed by atoms with E-state index in [9.17, 15) is 26.4 Å². The zero-order valence-electron chi connectivity index (χ0n) is 17.1. The number of hydrogen-bond acceptors (Lipinski definition) is 6. The molecule has 0 aliphatic heterocycles. The van der Waals surface area contributed by atoms with Crippen LogP contribution >= 0.6 is 11.3 Å². The van der Waals surface area contributed by atoms with E-state index in [0.717, 1.165) is 29.0 Å². The van der Waals surface area contributed by atoms with Crippen molar-refractivity contribution in [3.8, 4) is 5.75 Å². The van der Waals surface area contributed by atoms with Gasteiger partial charge >= 0.3 is 6.36 Å². The van der Waals surface area contributed by atoms with Crippen LogP contribution in [0.15, 0.2) is 47.4 Å². The van der Waals surface area contributed by atoms with E-state index in [2.05, 4.69) is 19.8 Å². The summed E-state index contributed by atoms with van der Waals surface area (Å²) in [7, 11) is -3.91. The molecule has 0 saturated carbocycles. The van der Waals surface area contributed by atoms with Gasteiger partial charge in [0.1, 0.15) is 10.6 Å². The second kappa shape index (κ2) is 8.79. The van der Waals surface area contributed by atoms with Gasteiger partial charge in [-0.25, -0.2) is 13.4 Å². The lowest BCUT2D eigenvalue weighted by atomic mass is 10.2. The van der Waals surface area contributed by atoms with Gasteiger partial charge in [-0.1, -0.05) is 29.0 Å². The summed E-state index contributed by atoms with van der Waals surface area (Å²) in [6, 6.07) is 9.54. The third-order valence-corrected chi connectivity index (χ3v) is 6.89. The fourth-order valence-electron chi connectivity index (χ4n) is 2.85. The second-order valence-corrected chi connectivity index (χ2v) is 9.48. The Morgan fingerprint density at radius 2 is 1.72 bits per heavy atom. The first-order valence-corrected chi connectivity index (χ1v) is 11.4. The van der Waals surface area contributed by atoms with Crippen LogP contribution in [-0.4, -0.2) is 25.7 Å². The molecule has 1 aromatic heterocycles. The Kier molecular flexibility index (Phi) is 6.46. The van der Waals surface area contributed by atoms with Gasteiger partial charge in [0.05, 0.1) is 10.6 Å². The van der Waals surface area contributed by atoms with Crippen molar-refractivity contribution in [2.24, 2.45) is 0 Å². The first-order chi connectivity index (χ1) is 14.8. The highest BCUT2D eigenvalue weighted by Gasteiger charge is 2.31. The van der Waals surface area contributed by atoms with E-state index in [-0.39, 0.29) is 20.6 Å². The molecule has 0 atom stereocenters. The Labute approximate surface area is 186 Å². The maximum absolute atomic E-state index is 12.7. The molecule has 0 fully saturated rings. The zero-order valence-corrected chi connectivity index (χ0v) is 18.7. The smallest absolute Gasteiger partial charge is 0.406 e. The lowest BCUT2D eigenvalue weighted by Crippen LogP contribution is -2.17. The third kappa shape index (κ3) is 5.77. The number of halogens is 3. The summed E-state index contributed by atoms with van der Waals surface area (Å²) in [6.45, 7) is 5.07. The minimum Gasteiger partial charge on any atom is -0.406 e. The Bertz CT molecular complexity index is 1250. The fourth-order valence-corrected chi connectivity index (χ4v) is 5.17. The molecule has 0 radical (unpaired) electrons. The number of thiazole rings is 1. The van der Waals surface area contributed by atoms with Crippen LogP contribution in [0.5, 0.6) is 5.75 Å². The number of carbonyl (C=O) groups is 1. The van der Waals surface area contributed by atoms with E-state index < -0.39 is 28.0 Å². The summed E-state index contributed by atoms with van der Waals surface area (Å²) < 4.78 is 68.3. The zero-order chi connectivity index (χ0) is 23.7. The molecule has 1 heterocycles. The maximum Gasteiger partial charge on any atom is 0.573 e. The molecule has 1 amide bonds. The number of rotatable bonds is 6. The molecule has 32 heavy (non-hydrogen) atoms. The molecule has 3 rings (SSSR count). The topological polar surface area (TPSA) is 97.4 Å². The molecule has 0 spiro atoms. The van der Waals surface area contributed by atoms with Gasteiger partial charge in [0.15, 0.2) is 5.13 Å². The van der Waals surface area contributed by atoms with Crippen LogP contribution in [0.3, 0.4) is 0 Å². The lowest BCUT2D eigenvalue weighted by molar-refractivity contribution is -0.274. The first-order valence-electron chi connectivity index (χ1n) is 9.09. The van der Waals surface area contributed by atoms with Crippen molar-refractivity contribution in [1.29, 1.82) is 0 Å². The van der Waals surface area contributed by atoms with Crippen LogP contribution in [0.25, 0.3) is 0 Å². The number of ether oxygens (including phenoxy) is 1. The lowest BCUT2D eigenvalue weighted by Gasteiger charge is -2.09. The standard InChI is InChI=1S/C20H18F3N3O4S2/c1-11-4-9-16(12(2)10-11)32(28,29)26-19-24-13(3)17(31-19)18(27)25-14-5-7-15(8-6-14)30-20(21,22)23/h4-10H,1-3H3,(H,24,26)(H,25,27). The monoisotopic (exact) mass is 485 g/mol. The molecule has 0 aliphatic rings. The summed E-state index contributed by atoms with van der Waals surface area (Å²) >= 11 is 0.842. The SMILES string of the molecule is Cc1ccc(S(=O)(=O)Nc2nc(C)c(C(=O)Nc3ccc(OC(F)(F)F)cc3)s2)c(C)c1. The second-order valence-electron chi connectivity index (χ2n) is 6.83. The number of benzene rings is 2. The number of aromatic nitrogens is 1. The molecular weight excluding hydrogens is 467 g/mol. The van der Waals surface area contributed by atoms with Gasteiger partial charge in [-0.05, 0) is 56.7 Å². The first kappa shape index (κ1) is 23.5. The van der Waals surface area contributed by atoms with Crippen LogP contribution < -0.4 is 14.8 Å². The third-order valence-electron chi connectivity index (χ3n) is 4.19. The Balaban J connectivity index is 1.74. The van der Waals surface area contributed by atoms with Crippen molar-refractivity contribution in [3.05, 3.63) is 64.2 Å². The maximum atomic E-state index is 12.7. The molecule has 0 unspecified atom stereocenters. The highest BCUT2D eigenvalue weighted by atomic mass is 32.2. The van der Waals surface area contributed by atoms with Gasteiger partial charge in [0, 0.05) is 5.69 Å². The van der Waals surface area contributed by atoms with Gasteiger partial charge in [-0.3, -0.25) is 9.52 Å². The quantitative estimate of drug-likeness (QED) is 0.511. The Morgan fingerprint density at radius 3 is 2.31 bits per heavy atom. The van der Waals surface area contributed by atoms with Crippen LogP contribution in [0, 0.1) is 20.8 Å². The van der Waals surface area contributed by atoms with Crippen molar-refractivity contribution >= 4 is 38.1 Å². The summed E-state index contributed by atoms with van der Waals surface area (Å²) in [5.41, 5.74) is 2.02. The van der Waals surface area contributed by atoms with Crippen LogP contribution in [0.2, 0.25) is 0 Å². The van der Waals surface area contributed by atoms with E-state index in [1.54, 1.807) is 26.0 Å². The molecule has 7 nitrogen and oxygen atoms in total. The average Bonchev–Trinajstić information content (AvgIpc) is 3.01. The predicted octanol–water partition coefficient (Wildman–Crippen LogP) is 5.02. The van der Waals surface area contributed by atoms with E-state index >= 15 is 0 Å². The van der Waals surface area contributed by atoms with Crippen LogP contribution in [-0.2, 0) is 10.0 Å². The number of amides is 1. The Hall–Kier alpha value is -3.12. The van der Waals surface area contributed by atoms with Crippen LogP contribution in [0.4, 0.5) is 24.0 Å². The van der Waals surface area contributed by atoms with Gasteiger partial charge in [-0.15, -0.1) is 13.2 Å². The number of carbonyl (C=O) groups excluding carboxylic acids is 1. The van der Waals surface area contributed by atoms with Crippen molar-refractivity contribution in [3.63, 3.8) is 0 Å². The molecule has 0 bridgehead atoms. The highest BCUT2D eigenvalue weighted by molar-refractivity contribution is 7.93. The number of alkyl halides is 3. The minimum atomic E-state index is -4.81. The van der Waals surface area contributed by atoms with E-state index in [1.165, 1.54) is 18.2 Å². The van der Waals surface area contributed by atoms with E-state index in [1.807, 2.05) is 6.92 Å². The predicted molar refractivity (Wildman–Crippen MR) is 115 cm³/mol. The molecule has 12 heteroatoms. The van der Waals surface area contributed by atoms with Gasteiger partial charge in [0.2, 0.25) is 0 Å². The molecule has 0 saturated heterocycles. The molecule has 2 aromatic carbocycles.